The third-order valence-electron chi connectivity index (χ3n) is 3.03. The Morgan fingerprint density at radius 3 is 2.45 bits per heavy atom. The second-order valence-electron chi connectivity index (χ2n) is 5.11. The maximum atomic E-state index is 4.70. The zero-order chi connectivity index (χ0) is 14.9. The van der Waals surface area contributed by atoms with E-state index in [4.69, 9.17) is 4.98 Å². The Hall–Kier alpha value is -1.56. The molecule has 2 rings (SSSR count). The first-order valence-corrected chi connectivity index (χ1v) is 7.48. The van der Waals surface area contributed by atoms with Crippen molar-refractivity contribution in [2.45, 2.75) is 43.7 Å². The quantitative estimate of drug-likeness (QED) is 0.877. The number of nitrogens with zero attached hydrogens (tertiary/aromatic N) is 4. The smallest absolute Gasteiger partial charge is 0.134 e. The number of hydrogen-bond donors (Lipinski definition) is 1. The van der Waals surface area contributed by atoms with E-state index in [1.54, 1.807) is 11.8 Å². The minimum Gasteiger partial charge on any atom is -0.373 e. The zero-order valence-electron chi connectivity index (χ0n) is 12.9. The lowest BCUT2D eigenvalue weighted by Crippen LogP contribution is -2.06. The largest absolute Gasteiger partial charge is 0.373 e. The van der Waals surface area contributed by atoms with Gasteiger partial charge in [0, 0.05) is 25.6 Å². The van der Waals surface area contributed by atoms with E-state index >= 15 is 0 Å². The molecule has 0 aliphatic carbocycles. The van der Waals surface area contributed by atoms with Gasteiger partial charge >= 0.3 is 0 Å². The molecule has 108 valence electrons. The van der Waals surface area contributed by atoms with Crippen LogP contribution in [0.3, 0.4) is 0 Å². The summed E-state index contributed by atoms with van der Waals surface area (Å²) < 4.78 is 1.88. The lowest BCUT2D eigenvalue weighted by Gasteiger charge is -2.13. The van der Waals surface area contributed by atoms with Crippen molar-refractivity contribution in [1.29, 1.82) is 0 Å². The van der Waals surface area contributed by atoms with Gasteiger partial charge in [-0.15, -0.1) is 0 Å². The summed E-state index contributed by atoms with van der Waals surface area (Å²) in [5.74, 6) is 2.06. The molecular weight excluding hydrogens is 270 g/mol. The second kappa shape index (κ2) is 5.83. The van der Waals surface area contributed by atoms with Gasteiger partial charge in [-0.25, -0.2) is 9.97 Å². The molecule has 5 nitrogen and oxygen atoms in total. The van der Waals surface area contributed by atoms with E-state index in [9.17, 15) is 0 Å². The first-order chi connectivity index (χ1) is 9.42. The van der Waals surface area contributed by atoms with E-state index in [1.807, 2.05) is 32.6 Å². The van der Waals surface area contributed by atoms with Crippen molar-refractivity contribution in [3.8, 4) is 0 Å². The molecule has 2 heterocycles. The molecule has 2 aromatic rings. The SMILES string of the molecule is CNc1nc(C(C)C)nc(Sc2cc(C)nn2C)c1C. The van der Waals surface area contributed by atoms with Crippen molar-refractivity contribution in [1.82, 2.24) is 19.7 Å². The van der Waals surface area contributed by atoms with Crippen LogP contribution in [-0.4, -0.2) is 26.8 Å². The van der Waals surface area contributed by atoms with Gasteiger partial charge in [-0.3, -0.25) is 4.68 Å². The van der Waals surface area contributed by atoms with Crippen molar-refractivity contribution in [3.05, 3.63) is 23.1 Å². The number of hydrogen-bond acceptors (Lipinski definition) is 5. The summed E-state index contributed by atoms with van der Waals surface area (Å²) in [6.45, 7) is 8.25. The van der Waals surface area contributed by atoms with Crippen molar-refractivity contribution in [2.24, 2.45) is 7.05 Å². The summed E-state index contributed by atoms with van der Waals surface area (Å²) in [6.07, 6.45) is 0. The fraction of sp³-hybridized carbons (Fsp3) is 0.500. The Morgan fingerprint density at radius 2 is 1.95 bits per heavy atom. The zero-order valence-corrected chi connectivity index (χ0v) is 13.7. The molecule has 0 radical (unpaired) electrons. The third-order valence-corrected chi connectivity index (χ3v) is 4.21. The normalized spacial score (nSPS) is 11.2. The van der Waals surface area contributed by atoms with Crippen molar-refractivity contribution in [2.75, 3.05) is 12.4 Å². The van der Waals surface area contributed by atoms with Crippen LogP contribution in [0.1, 0.15) is 36.8 Å². The van der Waals surface area contributed by atoms with E-state index < -0.39 is 0 Å². The molecule has 0 spiro atoms. The molecule has 0 saturated carbocycles. The highest BCUT2D eigenvalue weighted by molar-refractivity contribution is 7.99. The monoisotopic (exact) mass is 291 g/mol. The summed E-state index contributed by atoms with van der Waals surface area (Å²) in [5, 5.41) is 9.59. The maximum Gasteiger partial charge on any atom is 0.134 e. The summed E-state index contributed by atoms with van der Waals surface area (Å²) in [7, 11) is 3.84. The van der Waals surface area contributed by atoms with Crippen LogP contribution in [0.5, 0.6) is 0 Å². The van der Waals surface area contributed by atoms with Gasteiger partial charge in [-0.05, 0) is 31.7 Å². The Bertz CT molecular complexity index is 618. The summed E-state index contributed by atoms with van der Waals surface area (Å²) >= 11 is 1.63. The number of aryl methyl sites for hydroxylation is 2. The summed E-state index contributed by atoms with van der Waals surface area (Å²) in [5.41, 5.74) is 2.08. The van der Waals surface area contributed by atoms with Gasteiger partial charge in [0.05, 0.1) is 5.69 Å². The molecular formula is C14H21N5S. The molecule has 0 amide bonds. The molecule has 0 bridgehead atoms. The highest BCUT2D eigenvalue weighted by Gasteiger charge is 2.15. The molecule has 0 aromatic carbocycles. The van der Waals surface area contributed by atoms with Gasteiger partial charge in [0.1, 0.15) is 21.7 Å². The molecule has 0 aliphatic heterocycles. The van der Waals surface area contributed by atoms with Gasteiger partial charge in [0.2, 0.25) is 0 Å². The van der Waals surface area contributed by atoms with E-state index in [-0.39, 0.29) is 0 Å². The number of rotatable bonds is 4. The minimum absolute atomic E-state index is 0.301. The molecule has 0 unspecified atom stereocenters. The molecule has 0 fully saturated rings. The van der Waals surface area contributed by atoms with Gasteiger partial charge in [-0.2, -0.15) is 5.10 Å². The second-order valence-corrected chi connectivity index (χ2v) is 6.12. The topological polar surface area (TPSA) is 55.6 Å². The van der Waals surface area contributed by atoms with Crippen LogP contribution in [0.25, 0.3) is 0 Å². The van der Waals surface area contributed by atoms with Crippen LogP contribution in [0.4, 0.5) is 5.82 Å². The van der Waals surface area contributed by atoms with E-state index in [0.717, 1.165) is 33.0 Å². The fourth-order valence-corrected chi connectivity index (χ4v) is 2.88. The van der Waals surface area contributed by atoms with Gasteiger partial charge in [0.15, 0.2) is 0 Å². The first-order valence-electron chi connectivity index (χ1n) is 6.67. The molecule has 0 saturated heterocycles. The predicted molar refractivity (Wildman–Crippen MR) is 82.5 cm³/mol. The Kier molecular flexibility index (Phi) is 4.32. The van der Waals surface area contributed by atoms with Crippen LogP contribution in [0.15, 0.2) is 16.1 Å². The molecule has 6 heteroatoms. The Labute approximate surface area is 124 Å². The van der Waals surface area contributed by atoms with Crippen molar-refractivity contribution in [3.63, 3.8) is 0 Å². The third kappa shape index (κ3) is 2.95. The van der Waals surface area contributed by atoms with Crippen molar-refractivity contribution < 1.29 is 0 Å². The highest BCUT2D eigenvalue weighted by Crippen LogP contribution is 2.32. The fourth-order valence-electron chi connectivity index (χ4n) is 1.89. The standard InChI is InChI=1S/C14H21N5S/c1-8(2)12-16-13(15-5)10(4)14(17-12)20-11-7-9(3)18-19(11)6/h7-8H,1-6H3,(H,15,16,17). The van der Waals surface area contributed by atoms with Gasteiger partial charge < -0.3 is 5.32 Å². The van der Waals surface area contributed by atoms with Crippen LogP contribution in [0.2, 0.25) is 0 Å². The van der Waals surface area contributed by atoms with Crippen LogP contribution in [0, 0.1) is 13.8 Å². The molecule has 1 N–H and O–H groups in total. The van der Waals surface area contributed by atoms with Crippen LogP contribution >= 0.6 is 11.8 Å². The van der Waals surface area contributed by atoms with Crippen LogP contribution in [-0.2, 0) is 7.05 Å². The number of aromatic nitrogens is 4. The molecule has 0 aliphatic rings. The lowest BCUT2D eigenvalue weighted by atomic mass is 10.2. The Balaban J connectivity index is 2.44. The predicted octanol–water partition coefficient (Wildman–Crippen LogP) is 3.14. The lowest BCUT2D eigenvalue weighted by molar-refractivity contribution is 0.690. The van der Waals surface area contributed by atoms with Gasteiger partial charge in [-0.1, -0.05) is 13.8 Å². The summed E-state index contributed by atoms with van der Waals surface area (Å²) in [4.78, 5) is 9.26. The average Bonchev–Trinajstić information content (AvgIpc) is 2.70. The molecule has 20 heavy (non-hydrogen) atoms. The first kappa shape index (κ1) is 14.8. The van der Waals surface area contributed by atoms with Crippen LogP contribution < -0.4 is 5.32 Å². The number of anilines is 1. The van der Waals surface area contributed by atoms with E-state index in [0.29, 0.717) is 5.92 Å². The van der Waals surface area contributed by atoms with Crippen molar-refractivity contribution >= 4 is 17.6 Å². The number of nitrogens with one attached hydrogen (secondary N) is 1. The highest BCUT2D eigenvalue weighted by atomic mass is 32.2. The van der Waals surface area contributed by atoms with E-state index in [1.165, 1.54) is 0 Å². The average molecular weight is 291 g/mol. The molecule has 0 atom stereocenters. The molecule has 2 aromatic heterocycles. The minimum atomic E-state index is 0.301. The Morgan fingerprint density at radius 1 is 1.25 bits per heavy atom. The summed E-state index contributed by atoms with van der Waals surface area (Å²) in [6, 6.07) is 2.07. The maximum absolute atomic E-state index is 4.70. The van der Waals surface area contributed by atoms with E-state index in [2.05, 4.69) is 35.3 Å². The van der Waals surface area contributed by atoms with Gasteiger partial charge in [0.25, 0.3) is 0 Å².